The first-order valence-electron chi connectivity index (χ1n) is 7.42. The van der Waals surface area contributed by atoms with Crippen LogP contribution in [0.25, 0.3) is 0 Å². The lowest BCUT2D eigenvalue weighted by Crippen LogP contribution is -2.52. The van der Waals surface area contributed by atoms with E-state index in [2.05, 4.69) is 0 Å². The number of piperidine rings is 1. The monoisotopic (exact) mass is 340 g/mol. The van der Waals surface area contributed by atoms with Gasteiger partial charge < -0.3 is 4.74 Å². The van der Waals surface area contributed by atoms with Gasteiger partial charge in [-0.25, -0.2) is 21.1 Å². The van der Waals surface area contributed by atoms with Gasteiger partial charge in [0.25, 0.3) is 0 Å². The van der Waals surface area contributed by atoms with E-state index in [1.807, 2.05) is 6.92 Å². The molecule has 0 unspecified atom stereocenters. The number of rotatable bonds is 5. The largest absolute Gasteiger partial charge is 0.379 e. The SMILES string of the molecule is CCCS(=O)(=O)N1CCC[C@H](S(=O)(=O)N2CCOCC2)C1. The van der Waals surface area contributed by atoms with Crippen molar-refractivity contribution in [1.29, 1.82) is 0 Å². The predicted octanol–water partition coefficient (Wildman–Crippen LogP) is -0.147. The molecule has 0 aromatic rings. The molecule has 1 atom stereocenters. The molecular formula is C12H24N2O5S2. The highest BCUT2D eigenvalue weighted by atomic mass is 32.2. The second-order valence-electron chi connectivity index (χ2n) is 5.49. The first-order valence-corrected chi connectivity index (χ1v) is 10.5. The van der Waals surface area contributed by atoms with Crippen molar-refractivity contribution < 1.29 is 21.6 Å². The third-order valence-corrected chi connectivity index (χ3v) is 8.30. The summed E-state index contributed by atoms with van der Waals surface area (Å²) in [6, 6.07) is 0. The Hall–Kier alpha value is -0.220. The van der Waals surface area contributed by atoms with Gasteiger partial charge in [-0.15, -0.1) is 0 Å². The average Bonchev–Trinajstić information content (AvgIpc) is 2.48. The molecule has 2 fully saturated rings. The van der Waals surface area contributed by atoms with E-state index < -0.39 is 25.3 Å². The zero-order chi connectivity index (χ0) is 15.5. The van der Waals surface area contributed by atoms with Crippen LogP contribution in [0.3, 0.4) is 0 Å². The Kier molecular flexibility index (Phi) is 5.64. The Balaban J connectivity index is 2.09. The molecule has 0 spiro atoms. The minimum Gasteiger partial charge on any atom is -0.379 e. The molecule has 0 radical (unpaired) electrons. The van der Waals surface area contributed by atoms with Gasteiger partial charge >= 0.3 is 0 Å². The highest BCUT2D eigenvalue weighted by Crippen LogP contribution is 2.23. The van der Waals surface area contributed by atoms with Gasteiger partial charge in [0.1, 0.15) is 0 Å². The van der Waals surface area contributed by atoms with E-state index in [1.165, 1.54) is 8.61 Å². The van der Waals surface area contributed by atoms with Crippen LogP contribution in [-0.2, 0) is 24.8 Å². The number of morpholine rings is 1. The fourth-order valence-electron chi connectivity index (χ4n) is 2.80. The smallest absolute Gasteiger partial charge is 0.218 e. The van der Waals surface area contributed by atoms with Crippen molar-refractivity contribution in [3.8, 4) is 0 Å². The van der Waals surface area contributed by atoms with Crippen molar-refractivity contribution in [1.82, 2.24) is 8.61 Å². The van der Waals surface area contributed by atoms with Crippen molar-refractivity contribution in [3.05, 3.63) is 0 Å². The number of hydrogen-bond acceptors (Lipinski definition) is 5. The molecule has 0 bridgehead atoms. The summed E-state index contributed by atoms with van der Waals surface area (Å²) in [6.07, 6.45) is 1.66. The van der Waals surface area contributed by atoms with Crippen LogP contribution in [-0.4, -0.2) is 75.8 Å². The van der Waals surface area contributed by atoms with Crippen LogP contribution < -0.4 is 0 Å². The molecule has 21 heavy (non-hydrogen) atoms. The topological polar surface area (TPSA) is 84.0 Å². The molecule has 0 amide bonds. The molecule has 2 saturated heterocycles. The Morgan fingerprint density at radius 3 is 2.33 bits per heavy atom. The summed E-state index contributed by atoms with van der Waals surface area (Å²) in [5, 5.41) is -0.629. The van der Waals surface area contributed by atoms with Crippen molar-refractivity contribution in [2.45, 2.75) is 31.4 Å². The van der Waals surface area contributed by atoms with Crippen LogP contribution in [0.4, 0.5) is 0 Å². The van der Waals surface area contributed by atoms with Crippen LogP contribution in [0.2, 0.25) is 0 Å². The molecule has 9 heteroatoms. The summed E-state index contributed by atoms with van der Waals surface area (Å²) >= 11 is 0. The molecule has 0 aromatic carbocycles. The summed E-state index contributed by atoms with van der Waals surface area (Å²) < 4.78 is 57.5. The predicted molar refractivity (Wildman–Crippen MR) is 80.0 cm³/mol. The zero-order valence-electron chi connectivity index (χ0n) is 12.4. The van der Waals surface area contributed by atoms with E-state index in [1.54, 1.807) is 0 Å². The molecule has 2 rings (SSSR count). The van der Waals surface area contributed by atoms with Gasteiger partial charge in [0, 0.05) is 26.2 Å². The van der Waals surface area contributed by atoms with Gasteiger partial charge in [0.2, 0.25) is 20.0 Å². The normalized spacial score (nSPS) is 26.8. The second kappa shape index (κ2) is 6.91. The van der Waals surface area contributed by atoms with Gasteiger partial charge in [-0.3, -0.25) is 0 Å². The van der Waals surface area contributed by atoms with Crippen LogP contribution in [0.5, 0.6) is 0 Å². The number of sulfonamides is 2. The molecule has 0 N–H and O–H groups in total. The fourth-order valence-corrected chi connectivity index (χ4v) is 6.40. The maximum absolute atomic E-state index is 12.6. The first kappa shape index (κ1) is 17.1. The average molecular weight is 340 g/mol. The van der Waals surface area contributed by atoms with Gasteiger partial charge in [-0.1, -0.05) is 6.92 Å². The third-order valence-electron chi connectivity index (χ3n) is 3.95. The molecule has 0 aliphatic carbocycles. The maximum Gasteiger partial charge on any atom is 0.218 e. The minimum absolute atomic E-state index is 0.0807. The highest BCUT2D eigenvalue weighted by molar-refractivity contribution is 7.90. The van der Waals surface area contributed by atoms with Gasteiger partial charge in [-0.2, -0.15) is 4.31 Å². The molecule has 0 aromatic heterocycles. The summed E-state index contributed by atoms with van der Waals surface area (Å²) in [6.45, 7) is 3.86. The fraction of sp³-hybridized carbons (Fsp3) is 1.00. The molecule has 124 valence electrons. The summed E-state index contributed by atoms with van der Waals surface area (Å²) in [7, 11) is -6.78. The van der Waals surface area contributed by atoms with E-state index >= 15 is 0 Å². The maximum atomic E-state index is 12.6. The van der Waals surface area contributed by atoms with Crippen LogP contribution in [0.15, 0.2) is 0 Å². The number of nitrogens with zero attached hydrogens (tertiary/aromatic N) is 2. The van der Waals surface area contributed by atoms with Crippen LogP contribution in [0.1, 0.15) is 26.2 Å². The van der Waals surface area contributed by atoms with E-state index in [9.17, 15) is 16.8 Å². The molecule has 2 aliphatic rings. The first-order chi connectivity index (χ1) is 9.88. The second-order valence-corrected chi connectivity index (χ2v) is 9.80. The van der Waals surface area contributed by atoms with E-state index in [4.69, 9.17) is 4.74 Å². The molecule has 2 aliphatic heterocycles. The lowest BCUT2D eigenvalue weighted by atomic mass is 10.2. The van der Waals surface area contributed by atoms with E-state index in [-0.39, 0.29) is 12.3 Å². The van der Waals surface area contributed by atoms with Gasteiger partial charge in [-0.05, 0) is 19.3 Å². The Morgan fingerprint density at radius 2 is 1.71 bits per heavy atom. The molecule has 7 nitrogen and oxygen atoms in total. The number of hydrogen-bond donors (Lipinski definition) is 0. The van der Waals surface area contributed by atoms with Gasteiger partial charge in [0.05, 0.1) is 24.2 Å². The Labute approximate surface area is 127 Å². The van der Waals surface area contributed by atoms with Crippen LogP contribution in [0, 0.1) is 0 Å². The summed E-state index contributed by atoms with van der Waals surface area (Å²) in [4.78, 5) is 0. The van der Waals surface area contributed by atoms with Crippen LogP contribution >= 0.6 is 0 Å². The quantitative estimate of drug-likeness (QED) is 0.695. The standard InChI is InChI=1S/C12H24N2O5S2/c1-2-10-20(15,16)14-5-3-4-12(11-14)21(17,18)13-6-8-19-9-7-13/h12H,2-11H2,1H3/t12-/m0/s1. The lowest BCUT2D eigenvalue weighted by Gasteiger charge is -2.35. The molecule has 0 saturated carbocycles. The molecule has 2 heterocycles. The van der Waals surface area contributed by atoms with E-state index in [0.717, 1.165) is 0 Å². The van der Waals surface area contributed by atoms with Crippen molar-refractivity contribution >= 4 is 20.0 Å². The lowest BCUT2D eigenvalue weighted by molar-refractivity contribution is 0.0722. The Bertz CT molecular complexity index is 540. The van der Waals surface area contributed by atoms with E-state index in [0.29, 0.717) is 52.1 Å². The molecular weight excluding hydrogens is 316 g/mol. The minimum atomic E-state index is -3.45. The summed E-state index contributed by atoms with van der Waals surface area (Å²) in [5.74, 6) is 0.0807. The Morgan fingerprint density at radius 1 is 1.05 bits per heavy atom. The number of ether oxygens (including phenoxy) is 1. The van der Waals surface area contributed by atoms with Gasteiger partial charge in [0.15, 0.2) is 0 Å². The summed E-state index contributed by atoms with van der Waals surface area (Å²) in [5.41, 5.74) is 0. The zero-order valence-corrected chi connectivity index (χ0v) is 14.0. The van der Waals surface area contributed by atoms with Crippen molar-refractivity contribution in [2.75, 3.05) is 45.1 Å². The highest BCUT2D eigenvalue weighted by Gasteiger charge is 2.38. The third kappa shape index (κ3) is 3.95. The van der Waals surface area contributed by atoms with Crippen molar-refractivity contribution in [3.63, 3.8) is 0 Å². The van der Waals surface area contributed by atoms with Crippen molar-refractivity contribution in [2.24, 2.45) is 0 Å².